The van der Waals surface area contributed by atoms with Gasteiger partial charge in [-0.2, -0.15) is 0 Å². The molecule has 1 aromatic carbocycles. The molecule has 102 valence electrons. The molecule has 0 radical (unpaired) electrons. The van der Waals surface area contributed by atoms with E-state index >= 15 is 0 Å². The molecule has 3 N–H and O–H groups in total. The summed E-state index contributed by atoms with van der Waals surface area (Å²) >= 11 is 3.43. The second-order valence-corrected chi connectivity index (χ2v) is 5.51. The third kappa shape index (κ3) is 4.59. The van der Waals surface area contributed by atoms with Crippen LogP contribution in [0.1, 0.15) is 44.7 Å². The van der Waals surface area contributed by atoms with E-state index in [1.807, 2.05) is 12.1 Å². The van der Waals surface area contributed by atoms with Crippen molar-refractivity contribution in [1.29, 1.82) is 0 Å². The minimum absolute atomic E-state index is 0.135. The molecule has 2 unspecified atom stereocenters. The molecule has 0 aliphatic rings. The molecule has 0 amide bonds. The van der Waals surface area contributed by atoms with Crippen LogP contribution in [0.3, 0.4) is 0 Å². The first-order valence-electron chi connectivity index (χ1n) is 6.43. The van der Waals surface area contributed by atoms with Crippen molar-refractivity contribution in [1.82, 2.24) is 5.32 Å². The molecule has 2 atom stereocenters. The topological polar surface area (TPSA) is 52.5 Å². The fourth-order valence-electron chi connectivity index (χ4n) is 2.06. The second kappa shape index (κ2) is 7.77. The maximum atomic E-state index is 9.92. The minimum atomic E-state index is 0.135. The molecule has 1 rings (SSSR count). The van der Waals surface area contributed by atoms with E-state index in [-0.39, 0.29) is 12.6 Å². The number of nitrogens with one attached hydrogen (secondary N) is 1. The molecule has 3 nitrogen and oxygen atoms in total. The summed E-state index contributed by atoms with van der Waals surface area (Å²) in [5, 5.41) is 22.2. The van der Waals surface area contributed by atoms with Gasteiger partial charge in [-0.25, -0.2) is 0 Å². The Balaban J connectivity index is 2.73. The Labute approximate surface area is 117 Å². The van der Waals surface area contributed by atoms with Crippen LogP contribution in [0.2, 0.25) is 0 Å². The van der Waals surface area contributed by atoms with E-state index < -0.39 is 0 Å². The summed E-state index contributed by atoms with van der Waals surface area (Å²) < 4.78 is 0.971. The Morgan fingerprint density at radius 1 is 1.39 bits per heavy atom. The lowest BCUT2D eigenvalue weighted by Crippen LogP contribution is -2.30. The molecule has 0 bridgehead atoms. The van der Waals surface area contributed by atoms with Gasteiger partial charge >= 0.3 is 0 Å². The number of phenolic OH excluding ortho intramolecular Hbond substituents is 1. The largest absolute Gasteiger partial charge is 0.508 e. The summed E-state index contributed by atoms with van der Waals surface area (Å²) in [4.78, 5) is 0. The lowest BCUT2D eigenvalue weighted by Gasteiger charge is -2.23. The monoisotopic (exact) mass is 315 g/mol. The van der Waals surface area contributed by atoms with Crippen molar-refractivity contribution in [2.45, 2.75) is 45.2 Å². The van der Waals surface area contributed by atoms with Crippen molar-refractivity contribution >= 4 is 15.9 Å². The Bertz CT molecular complexity index is 371. The van der Waals surface area contributed by atoms with E-state index in [9.17, 15) is 5.11 Å². The van der Waals surface area contributed by atoms with Crippen LogP contribution in [0.4, 0.5) is 0 Å². The predicted octanol–water partition coefficient (Wildman–Crippen LogP) is 3.36. The molecule has 0 aromatic heterocycles. The molecule has 0 saturated heterocycles. The number of phenols is 1. The molecule has 0 heterocycles. The number of rotatable bonds is 7. The number of hydrogen-bond donors (Lipinski definition) is 3. The zero-order chi connectivity index (χ0) is 13.5. The van der Waals surface area contributed by atoms with E-state index in [0.717, 1.165) is 29.3 Å². The Hall–Kier alpha value is -0.580. The predicted molar refractivity (Wildman–Crippen MR) is 77.8 cm³/mol. The van der Waals surface area contributed by atoms with Gasteiger partial charge in [0, 0.05) is 28.7 Å². The number of benzene rings is 1. The highest BCUT2D eigenvalue weighted by Crippen LogP contribution is 2.29. The van der Waals surface area contributed by atoms with E-state index in [1.54, 1.807) is 6.07 Å². The molecule has 0 aliphatic carbocycles. The Kier molecular flexibility index (Phi) is 6.68. The first-order chi connectivity index (χ1) is 8.58. The molecule has 0 fully saturated rings. The van der Waals surface area contributed by atoms with E-state index in [0.29, 0.717) is 11.8 Å². The van der Waals surface area contributed by atoms with Crippen LogP contribution in [0.15, 0.2) is 22.7 Å². The van der Waals surface area contributed by atoms with Gasteiger partial charge in [-0.05, 0) is 44.4 Å². The van der Waals surface area contributed by atoms with E-state index in [4.69, 9.17) is 5.11 Å². The summed E-state index contributed by atoms with van der Waals surface area (Å²) in [6.45, 7) is 4.43. The Morgan fingerprint density at radius 3 is 2.72 bits per heavy atom. The number of aromatic hydroxyl groups is 1. The van der Waals surface area contributed by atoms with Crippen molar-refractivity contribution in [3.05, 3.63) is 28.2 Å². The highest BCUT2D eigenvalue weighted by molar-refractivity contribution is 9.10. The summed E-state index contributed by atoms with van der Waals surface area (Å²) in [6, 6.07) is 5.95. The lowest BCUT2D eigenvalue weighted by molar-refractivity contribution is 0.273. The highest BCUT2D eigenvalue weighted by Gasteiger charge is 2.16. The lowest BCUT2D eigenvalue weighted by atomic mass is 10.0. The summed E-state index contributed by atoms with van der Waals surface area (Å²) in [5.41, 5.74) is 0.919. The summed E-state index contributed by atoms with van der Waals surface area (Å²) in [7, 11) is 0. The average Bonchev–Trinajstić information content (AvgIpc) is 2.36. The average molecular weight is 316 g/mol. The van der Waals surface area contributed by atoms with Gasteiger partial charge in [-0.3, -0.25) is 0 Å². The van der Waals surface area contributed by atoms with Crippen molar-refractivity contribution in [2.24, 2.45) is 0 Å². The molecular weight excluding hydrogens is 294 g/mol. The van der Waals surface area contributed by atoms with Crippen molar-refractivity contribution in [3.8, 4) is 5.75 Å². The Morgan fingerprint density at radius 2 is 2.11 bits per heavy atom. The van der Waals surface area contributed by atoms with Crippen LogP contribution in [0, 0.1) is 0 Å². The third-order valence-corrected chi connectivity index (χ3v) is 3.55. The fraction of sp³-hybridized carbons (Fsp3) is 0.571. The van der Waals surface area contributed by atoms with Gasteiger partial charge in [0.1, 0.15) is 5.75 Å². The van der Waals surface area contributed by atoms with Gasteiger partial charge in [0.15, 0.2) is 0 Å². The fourth-order valence-corrected chi connectivity index (χ4v) is 2.44. The van der Waals surface area contributed by atoms with Gasteiger partial charge in [0.05, 0.1) is 0 Å². The van der Waals surface area contributed by atoms with E-state index in [2.05, 4.69) is 35.1 Å². The number of aliphatic hydroxyl groups excluding tert-OH is 1. The van der Waals surface area contributed by atoms with Crippen molar-refractivity contribution in [3.63, 3.8) is 0 Å². The maximum Gasteiger partial charge on any atom is 0.120 e. The molecule has 1 aromatic rings. The number of aliphatic hydroxyl groups is 1. The SMILES string of the molecule is CCC(NC(C)CCCO)c1cc(Br)ccc1O. The zero-order valence-electron chi connectivity index (χ0n) is 11.0. The second-order valence-electron chi connectivity index (χ2n) is 4.60. The third-order valence-electron chi connectivity index (χ3n) is 3.05. The molecule has 4 heteroatoms. The first kappa shape index (κ1) is 15.5. The van der Waals surface area contributed by atoms with Crippen molar-refractivity contribution < 1.29 is 10.2 Å². The van der Waals surface area contributed by atoms with Gasteiger partial charge in [-0.1, -0.05) is 22.9 Å². The molecule has 0 saturated carbocycles. The van der Waals surface area contributed by atoms with Gasteiger partial charge in [0.2, 0.25) is 0 Å². The quantitative estimate of drug-likeness (QED) is 0.723. The molecular formula is C14H22BrNO2. The van der Waals surface area contributed by atoms with Crippen LogP contribution in [0.5, 0.6) is 5.75 Å². The standard InChI is InChI=1S/C14H22BrNO2/c1-3-13(16-10(2)5-4-8-17)12-9-11(15)6-7-14(12)18/h6-7,9-10,13,16-18H,3-5,8H2,1-2H3. The first-order valence-corrected chi connectivity index (χ1v) is 7.23. The zero-order valence-corrected chi connectivity index (χ0v) is 12.6. The van der Waals surface area contributed by atoms with E-state index in [1.165, 1.54) is 0 Å². The van der Waals surface area contributed by atoms with Crippen LogP contribution in [-0.4, -0.2) is 22.9 Å². The van der Waals surface area contributed by atoms with Gasteiger partial charge < -0.3 is 15.5 Å². The van der Waals surface area contributed by atoms with Crippen LogP contribution >= 0.6 is 15.9 Å². The van der Waals surface area contributed by atoms with Gasteiger partial charge in [0.25, 0.3) is 0 Å². The smallest absolute Gasteiger partial charge is 0.120 e. The normalized spacial score (nSPS) is 14.4. The maximum absolute atomic E-state index is 9.92. The summed E-state index contributed by atoms with van der Waals surface area (Å²) in [6.07, 6.45) is 2.64. The highest BCUT2D eigenvalue weighted by atomic mass is 79.9. The number of halogens is 1. The summed E-state index contributed by atoms with van der Waals surface area (Å²) in [5.74, 6) is 0.326. The molecule has 0 spiro atoms. The number of hydrogen-bond acceptors (Lipinski definition) is 3. The molecule has 0 aliphatic heterocycles. The molecule has 18 heavy (non-hydrogen) atoms. The van der Waals surface area contributed by atoms with Gasteiger partial charge in [-0.15, -0.1) is 0 Å². The van der Waals surface area contributed by atoms with Crippen LogP contribution in [0.25, 0.3) is 0 Å². The minimum Gasteiger partial charge on any atom is -0.508 e. The van der Waals surface area contributed by atoms with Crippen LogP contribution in [-0.2, 0) is 0 Å². The van der Waals surface area contributed by atoms with Crippen molar-refractivity contribution in [2.75, 3.05) is 6.61 Å². The van der Waals surface area contributed by atoms with Crippen LogP contribution < -0.4 is 5.32 Å².